The molecule has 16 aliphatic rings. The Kier molecular flexibility index (Phi) is 14.9. The monoisotopic (exact) mass is 1110 g/mol. The molecule has 18 heteroatoms. The lowest BCUT2D eigenvalue weighted by atomic mass is 9.79. The van der Waals surface area contributed by atoms with Crippen LogP contribution in [0.5, 0.6) is 0 Å². The number of aliphatic hydroxyl groups excluding tert-OH is 3. The van der Waals surface area contributed by atoms with E-state index in [4.69, 9.17) is 66.3 Å². The number of aliphatic hydroxyl groups is 3. The van der Waals surface area contributed by atoms with E-state index in [1.54, 1.807) is 0 Å². The maximum atomic E-state index is 14.5. The summed E-state index contributed by atoms with van der Waals surface area (Å²) in [6.07, 6.45) is 5.50. The van der Waals surface area contributed by atoms with Crippen molar-refractivity contribution in [2.45, 2.75) is 301 Å². The van der Waals surface area contributed by atoms with Gasteiger partial charge in [0.05, 0.1) is 141 Å². The predicted octanol–water partition coefficient (Wildman–Crippen LogP) is 5.84. The molecule has 0 aromatic rings. The molecule has 30 atom stereocenters. The second-order valence-electron chi connectivity index (χ2n) is 27.6. The zero-order valence-corrected chi connectivity index (χ0v) is 47.0. The average molecular weight is 1110 g/mol. The molecule has 15 saturated heterocycles. The van der Waals surface area contributed by atoms with Crippen LogP contribution in [0.2, 0.25) is 0 Å². The highest BCUT2D eigenvalue weighted by Gasteiger charge is 2.67. The Balaban J connectivity index is 0.677. The highest BCUT2D eigenvalue weighted by atomic mass is 16.8. The third kappa shape index (κ3) is 10.2. The lowest BCUT2D eigenvalue weighted by Gasteiger charge is -2.51. The van der Waals surface area contributed by atoms with Crippen molar-refractivity contribution < 1.29 is 86.4 Å². The summed E-state index contributed by atoms with van der Waals surface area (Å²) < 4.78 is 96.5. The molecule has 16 rings (SSSR count). The summed E-state index contributed by atoms with van der Waals surface area (Å²) in [6.45, 7) is 18.7. The van der Waals surface area contributed by atoms with Crippen molar-refractivity contribution in [2.24, 2.45) is 29.6 Å². The standard InChI is InChI=1S/C61H90O18/c1-29-15-37-7-9-41-30(2)16-39(68-41)12-13-66-57-35-11-14-67-59(24-35)25-49-42(74-58(57)59)10-8-38(70-49)18-52(65)75-56-34(6)55-47(71-46(56)19-43(69-37)33(29)5)21-45-50(73-55)26-61(76-45)27-51-54(79-61)32(4)23-60(78-51)22-31(3)53-48(77-60)20-44(72-53)40(64)17-36(63)28-62/h29,31-32,34-51,53-58,62-64H,2,5,7-28H2,1,3-4,6H3/t29-,31+,32+,34+,35-,36-,37+,38-,39+,40+,41+,42+,43-,44+,45-,46+,47+,48+,49-,50-,51+,53+,54+,55+,56-,57-,58+,59?,60-,61+/m1/s1. The Morgan fingerprint density at radius 1 is 0.570 bits per heavy atom. The fraction of sp³-hybridized carbons (Fsp3) is 0.918. The zero-order valence-electron chi connectivity index (χ0n) is 47.0. The first-order valence-electron chi connectivity index (χ1n) is 31.1. The second-order valence-corrected chi connectivity index (χ2v) is 27.6. The minimum atomic E-state index is -1.01. The fourth-order valence-corrected chi connectivity index (χ4v) is 18.2. The van der Waals surface area contributed by atoms with Gasteiger partial charge in [-0.15, -0.1) is 0 Å². The molecule has 11 bridgehead atoms. The molecule has 3 N–H and O–H groups in total. The molecular weight excluding hydrogens is 1020 g/mol. The quantitative estimate of drug-likeness (QED) is 0.223. The van der Waals surface area contributed by atoms with Gasteiger partial charge in [-0.1, -0.05) is 40.9 Å². The van der Waals surface area contributed by atoms with Crippen LogP contribution in [0.4, 0.5) is 0 Å². The molecule has 442 valence electrons. The van der Waals surface area contributed by atoms with E-state index in [1.165, 1.54) is 0 Å². The van der Waals surface area contributed by atoms with Crippen molar-refractivity contribution in [1.82, 2.24) is 0 Å². The first kappa shape index (κ1) is 55.2. The van der Waals surface area contributed by atoms with Crippen molar-refractivity contribution in [3.05, 3.63) is 24.3 Å². The fourth-order valence-electron chi connectivity index (χ4n) is 18.2. The van der Waals surface area contributed by atoms with Crippen molar-refractivity contribution in [3.8, 4) is 0 Å². The summed E-state index contributed by atoms with van der Waals surface area (Å²) >= 11 is 0. The summed E-state index contributed by atoms with van der Waals surface area (Å²) in [7, 11) is 0. The normalized spacial score (nSPS) is 55.1. The third-order valence-corrected chi connectivity index (χ3v) is 22.0. The summed E-state index contributed by atoms with van der Waals surface area (Å²) in [5.41, 5.74) is 1.72. The van der Waals surface area contributed by atoms with Gasteiger partial charge in [-0.25, -0.2) is 0 Å². The Morgan fingerprint density at radius 2 is 1.30 bits per heavy atom. The van der Waals surface area contributed by atoms with Crippen LogP contribution < -0.4 is 0 Å². The second kappa shape index (κ2) is 21.4. The van der Waals surface area contributed by atoms with Crippen molar-refractivity contribution in [1.29, 1.82) is 0 Å². The average Bonchev–Trinajstić information content (AvgIpc) is 4.43. The van der Waals surface area contributed by atoms with Gasteiger partial charge in [-0.3, -0.25) is 4.79 Å². The number of rotatable bonds is 4. The van der Waals surface area contributed by atoms with Gasteiger partial charge in [0.15, 0.2) is 11.6 Å². The van der Waals surface area contributed by atoms with Gasteiger partial charge in [0.25, 0.3) is 0 Å². The first-order valence-corrected chi connectivity index (χ1v) is 31.1. The molecule has 0 radical (unpaired) electrons. The van der Waals surface area contributed by atoms with E-state index in [0.717, 1.165) is 68.9 Å². The Hall–Kier alpha value is -1.69. The number of carbonyl (C=O) groups excluding carboxylic acids is 1. The lowest BCUT2D eigenvalue weighted by Crippen LogP contribution is -2.61. The lowest BCUT2D eigenvalue weighted by molar-refractivity contribution is -0.347. The van der Waals surface area contributed by atoms with Crippen LogP contribution >= 0.6 is 0 Å². The van der Waals surface area contributed by atoms with Crippen LogP contribution in [0.3, 0.4) is 0 Å². The largest absolute Gasteiger partial charge is 0.459 e. The predicted molar refractivity (Wildman–Crippen MR) is 279 cm³/mol. The van der Waals surface area contributed by atoms with E-state index < -0.39 is 54.3 Å². The number of hydrogen-bond donors (Lipinski definition) is 3. The van der Waals surface area contributed by atoms with E-state index in [0.29, 0.717) is 70.5 Å². The van der Waals surface area contributed by atoms with E-state index >= 15 is 0 Å². The molecule has 3 spiro atoms. The minimum Gasteiger partial charge on any atom is -0.459 e. The first-order chi connectivity index (χ1) is 38.0. The van der Waals surface area contributed by atoms with Gasteiger partial charge in [0.2, 0.25) is 0 Å². The topological polar surface area (TPSA) is 207 Å². The van der Waals surface area contributed by atoms with Gasteiger partial charge >= 0.3 is 5.97 Å². The van der Waals surface area contributed by atoms with Crippen LogP contribution in [0.25, 0.3) is 0 Å². The number of carbonyl (C=O) groups is 1. The molecular formula is C61H90O18. The summed E-state index contributed by atoms with van der Waals surface area (Å²) in [5, 5.41) is 30.3. The molecule has 0 amide bonds. The molecule has 1 aliphatic carbocycles. The molecule has 18 nitrogen and oxygen atoms in total. The molecule has 15 heterocycles. The maximum absolute atomic E-state index is 14.5. The molecule has 1 saturated carbocycles. The molecule has 0 aromatic carbocycles. The van der Waals surface area contributed by atoms with E-state index in [2.05, 4.69) is 40.9 Å². The van der Waals surface area contributed by atoms with Crippen LogP contribution in [-0.4, -0.2) is 193 Å². The number of ether oxygens (including phenoxy) is 14. The van der Waals surface area contributed by atoms with Gasteiger partial charge in [0, 0.05) is 76.9 Å². The Morgan fingerprint density at radius 3 is 2.15 bits per heavy atom. The van der Waals surface area contributed by atoms with Crippen molar-refractivity contribution >= 4 is 5.97 Å². The minimum absolute atomic E-state index is 0.00570. The number of esters is 1. The molecule has 15 aliphatic heterocycles. The third-order valence-electron chi connectivity index (χ3n) is 22.0. The van der Waals surface area contributed by atoms with Gasteiger partial charge in [-0.2, -0.15) is 0 Å². The number of hydrogen-bond acceptors (Lipinski definition) is 18. The van der Waals surface area contributed by atoms with Gasteiger partial charge in [0.1, 0.15) is 12.2 Å². The van der Waals surface area contributed by atoms with E-state index in [9.17, 15) is 20.1 Å². The van der Waals surface area contributed by atoms with E-state index in [-0.39, 0.29) is 146 Å². The van der Waals surface area contributed by atoms with Gasteiger partial charge < -0.3 is 81.6 Å². The van der Waals surface area contributed by atoms with Crippen LogP contribution in [0, 0.1) is 29.6 Å². The molecule has 0 aromatic heterocycles. The SMILES string of the molecule is C=C1C[C@@H]2CCO[C@@H]3[C@@H]4CCOC5(C4)C[C@H]4O[C@H](CC[C@@H]4O[C@@H]35)CC(=O)O[C@@H]3[C@@H](C)[C@@H]4O[C@@H]5C[C@]6(C[C@@H]7O[C@]8(C[C@H](C)[C@@H]9O[C@H]([C@@H](O)C[C@@H](O)CO)C[C@@H]9O8)C[C@H](C)[C@@H]7O6)O[C@@H]5C[C@@H]4O[C@H]3C[C@H]3O[C@@H](CC[C@@H]1O2)C[C@@H](C)C3=C. The molecule has 79 heavy (non-hydrogen) atoms. The summed E-state index contributed by atoms with van der Waals surface area (Å²) in [5.74, 6) is -1.48. The van der Waals surface area contributed by atoms with Crippen LogP contribution in [0.15, 0.2) is 24.3 Å². The highest BCUT2D eigenvalue weighted by Crippen LogP contribution is 2.57. The Bertz CT molecular complexity index is 2270. The molecule has 16 fully saturated rings. The van der Waals surface area contributed by atoms with Crippen LogP contribution in [0.1, 0.15) is 150 Å². The van der Waals surface area contributed by atoms with E-state index in [1.807, 2.05) is 0 Å². The Labute approximate surface area is 465 Å². The number of fused-ring (bicyclic) bond motifs is 6. The summed E-state index contributed by atoms with van der Waals surface area (Å²) in [4.78, 5) is 14.5. The zero-order chi connectivity index (χ0) is 54.3. The smallest absolute Gasteiger partial charge is 0.308 e. The molecule has 1 unspecified atom stereocenters. The highest BCUT2D eigenvalue weighted by molar-refractivity contribution is 5.70. The van der Waals surface area contributed by atoms with Crippen molar-refractivity contribution in [3.63, 3.8) is 0 Å². The van der Waals surface area contributed by atoms with Gasteiger partial charge in [-0.05, 0) is 92.6 Å². The maximum Gasteiger partial charge on any atom is 0.308 e. The summed E-state index contributed by atoms with van der Waals surface area (Å²) in [6, 6.07) is 0. The van der Waals surface area contributed by atoms with Crippen molar-refractivity contribution in [2.75, 3.05) is 19.8 Å². The van der Waals surface area contributed by atoms with Crippen LogP contribution in [-0.2, 0) is 71.1 Å².